The van der Waals surface area contributed by atoms with Gasteiger partial charge in [0, 0.05) is 56.0 Å². The summed E-state index contributed by atoms with van der Waals surface area (Å²) in [5.41, 5.74) is 2.91. The van der Waals surface area contributed by atoms with Gasteiger partial charge in [-0.1, -0.05) is 12.1 Å². The van der Waals surface area contributed by atoms with Crippen molar-refractivity contribution in [2.45, 2.75) is 44.3 Å². The van der Waals surface area contributed by atoms with E-state index in [0.717, 1.165) is 43.7 Å². The minimum absolute atomic E-state index is 0.156. The van der Waals surface area contributed by atoms with Crippen molar-refractivity contribution in [3.05, 3.63) is 59.2 Å². The van der Waals surface area contributed by atoms with E-state index in [1.165, 1.54) is 4.90 Å². The number of nitrogens with one attached hydrogen (secondary N) is 1. The Labute approximate surface area is 244 Å². The average molecular weight is 571 g/mol. The molecule has 3 saturated heterocycles. The third kappa shape index (κ3) is 5.42. The van der Waals surface area contributed by atoms with Crippen LogP contribution in [-0.4, -0.2) is 96.3 Å². The van der Waals surface area contributed by atoms with Gasteiger partial charge in [0.15, 0.2) is 0 Å². The van der Waals surface area contributed by atoms with Crippen molar-refractivity contribution in [3.8, 4) is 11.8 Å². The van der Waals surface area contributed by atoms with Crippen LogP contribution in [0.25, 0.3) is 0 Å². The van der Waals surface area contributed by atoms with E-state index in [-0.39, 0.29) is 36.7 Å². The highest BCUT2D eigenvalue weighted by molar-refractivity contribution is 6.05. The number of piperidine rings is 1. The molecule has 2 aromatic carbocycles. The molecule has 0 spiro atoms. The van der Waals surface area contributed by atoms with E-state index in [1.54, 1.807) is 18.2 Å². The number of carbonyl (C=O) groups excluding carboxylic acids is 4. The predicted molar refractivity (Wildman–Crippen MR) is 153 cm³/mol. The van der Waals surface area contributed by atoms with Crippen molar-refractivity contribution in [1.82, 2.24) is 20.0 Å². The zero-order valence-electron chi connectivity index (χ0n) is 23.5. The van der Waals surface area contributed by atoms with Gasteiger partial charge in [0.05, 0.1) is 24.2 Å². The van der Waals surface area contributed by atoms with Gasteiger partial charge in [0.2, 0.25) is 17.7 Å². The van der Waals surface area contributed by atoms with Crippen molar-refractivity contribution >= 4 is 29.3 Å². The third-order valence-corrected chi connectivity index (χ3v) is 8.76. The number of piperazine rings is 1. The summed E-state index contributed by atoms with van der Waals surface area (Å²) < 4.78 is 6.16. The number of ether oxygens (including phenoxy) is 1. The lowest BCUT2D eigenvalue weighted by Crippen LogP contribution is -2.54. The maximum absolute atomic E-state index is 13.5. The van der Waals surface area contributed by atoms with Crippen LogP contribution in [0.2, 0.25) is 0 Å². The van der Waals surface area contributed by atoms with Crippen LogP contribution in [0.1, 0.15) is 47.2 Å². The second-order valence-electron chi connectivity index (χ2n) is 11.2. The Morgan fingerprint density at radius 1 is 1.02 bits per heavy atom. The number of nitrogens with zero attached hydrogens (tertiary/aromatic N) is 5. The molecule has 4 aliphatic rings. The summed E-state index contributed by atoms with van der Waals surface area (Å²) in [6, 6.07) is 14.3. The van der Waals surface area contributed by atoms with Crippen molar-refractivity contribution in [3.63, 3.8) is 0 Å². The van der Waals surface area contributed by atoms with Crippen molar-refractivity contribution in [2.75, 3.05) is 50.8 Å². The molecular weight excluding hydrogens is 536 g/mol. The number of fused-ring (bicyclic) bond motifs is 1. The molecule has 4 amide bonds. The van der Waals surface area contributed by atoms with E-state index in [1.807, 2.05) is 29.2 Å². The lowest BCUT2D eigenvalue weighted by atomic mass is 10.0. The molecule has 42 heavy (non-hydrogen) atoms. The molecule has 4 heterocycles. The second kappa shape index (κ2) is 11.8. The van der Waals surface area contributed by atoms with Crippen LogP contribution in [0.4, 0.5) is 5.69 Å². The monoisotopic (exact) mass is 570 g/mol. The fraction of sp³-hybridized carbons (Fsp3) is 0.452. The Bertz CT molecular complexity index is 1450. The van der Waals surface area contributed by atoms with E-state index in [0.29, 0.717) is 49.5 Å². The third-order valence-electron chi connectivity index (χ3n) is 8.76. The van der Waals surface area contributed by atoms with Gasteiger partial charge in [-0.05, 0) is 56.1 Å². The molecule has 0 bridgehead atoms. The fourth-order valence-electron chi connectivity index (χ4n) is 6.51. The van der Waals surface area contributed by atoms with E-state index in [9.17, 15) is 24.4 Å². The highest BCUT2D eigenvalue weighted by atomic mass is 16.5. The SMILES string of the molecule is N#Cc1cccc(N2CCN(C(=O)C3CCCN3CCOc3cccc4c3CN(C3CCC(=O)NC3=O)C4=O)CC2)c1. The van der Waals surface area contributed by atoms with Crippen LogP contribution in [-0.2, 0) is 20.9 Å². The normalized spacial score (nSPS) is 22.6. The first-order chi connectivity index (χ1) is 20.4. The molecule has 218 valence electrons. The molecule has 2 unspecified atom stereocenters. The summed E-state index contributed by atoms with van der Waals surface area (Å²) in [5.74, 6) is -0.215. The number of nitriles is 1. The van der Waals surface area contributed by atoms with E-state index < -0.39 is 11.9 Å². The van der Waals surface area contributed by atoms with E-state index >= 15 is 0 Å². The first-order valence-corrected chi connectivity index (χ1v) is 14.6. The molecule has 4 aliphatic heterocycles. The Hall–Kier alpha value is -4.43. The molecular formula is C31H34N6O5. The van der Waals surface area contributed by atoms with E-state index in [4.69, 9.17) is 4.74 Å². The number of benzene rings is 2. The Balaban J connectivity index is 1.03. The minimum Gasteiger partial charge on any atom is -0.492 e. The smallest absolute Gasteiger partial charge is 0.255 e. The second-order valence-corrected chi connectivity index (χ2v) is 11.2. The molecule has 6 rings (SSSR count). The van der Waals surface area contributed by atoms with Gasteiger partial charge < -0.3 is 19.4 Å². The van der Waals surface area contributed by atoms with Crippen molar-refractivity contribution in [1.29, 1.82) is 5.26 Å². The van der Waals surface area contributed by atoms with Crippen LogP contribution in [0.3, 0.4) is 0 Å². The topological polar surface area (TPSA) is 126 Å². The number of carbonyl (C=O) groups is 4. The van der Waals surface area contributed by atoms with Crippen molar-refractivity contribution in [2.24, 2.45) is 0 Å². The van der Waals surface area contributed by atoms with Gasteiger partial charge in [0.25, 0.3) is 5.91 Å². The number of anilines is 1. The summed E-state index contributed by atoms with van der Waals surface area (Å²) in [6.07, 6.45) is 2.29. The lowest BCUT2D eigenvalue weighted by molar-refractivity contribution is -0.137. The molecule has 0 aromatic heterocycles. The summed E-state index contributed by atoms with van der Waals surface area (Å²) in [7, 11) is 0. The zero-order chi connectivity index (χ0) is 29.2. The quantitative estimate of drug-likeness (QED) is 0.497. The number of rotatable bonds is 7. The predicted octanol–water partition coefficient (Wildman–Crippen LogP) is 1.51. The number of hydrogen-bond acceptors (Lipinski definition) is 8. The first kappa shape index (κ1) is 27.7. The average Bonchev–Trinajstić information content (AvgIpc) is 3.62. The molecule has 1 N–H and O–H groups in total. The summed E-state index contributed by atoms with van der Waals surface area (Å²) in [5, 5.41) is 11.5. The van der Waals surface area contributed by atoms with Gasteiger partial charge in [-0.3, -0.25) is 29.4 Å². The summed E-state index contributed by atoms with van der Waals surface area (Å²) in [6.45, 7) is 4.79. The number of amides is 4. The molecule has 2 atom stereocenters. The maximum atomic E-state index is 13.5. The number of hydrogen-bond donors (Lipinski definition) is 1. The standard InChI is InChI=1S/C31H34N6O5/c32-19-21-4-1-5-22(18-21)34-12-14-36(15-13-34)31(41)26-7-3-11-35(26)16-17-42-27-8-2-6-23-24(27)20-37(30(23)40)25-9-10-28(38)33-29(25)39/h1-2,4-6,8,18,25-26H,3,7,9-17,20H2,(H,33,38,39). The van der Waals surface area contributed by atoms with Crippen LogP contribution < -0.4 is 15.0 Å². The van der Waals surface area contributed by atoms with Gasteiger partial charge in [-0.25, -0.2) is 0 Å². The summed E-state index contributed by atoms with van der Waals surface area (Å²) >= 11 is 0. The van der Waals surface area contributed by atoms with Crippen LogP contribution in [0.5, 0.6) is 5.75 Å². The number of imide groups is 1. The fourth-order valence-corrected chi connectivity index (χ4v) is 6.51. The lowest BCUT2D eigenvalue weighted by Gasteiger charge is -2.38. The van der Waals surface area contributed by atoms with Gasteiger partial charge >= 0.3 is 0 Å². The molecule has 11 nitrogen and oxygen atoms in total. The Kier molecular flexibility index (Phi) is 7.80. The van der Waals surface area contributed by atoms with E-state index in [2.05, 4.69) is 21.2 Å². The van der Waals surface area contributed by atoms with Gasteiger partial charge in [-0.15, -0.1) is 0 Å². The molecule has 11 heteroatoms. The molecule has 0 aliphatic carbocycles. The molecule has 2 aromatic rings. The largest absolute Gasteiger partial charge is 0.492 e. The molecule has 0 saturated carbocycles. The maximum Gasteiger partial charge on any atom is 0.255 e. The zero-order valence-corrected chi connectivity index (χ0v) is 23.5. The van der Waals surface area contributed by atoms with Crippen LogP contribution in [0, 0.1) is 11.3 Å². The van der Waals surface area contributed by atoms with Crippen LogP contribution in [0.15, 0.2) is 42.5 Å². The number of likely N-dealkylation sites (tertiary alicyclic amines) is 1. The van der Waals surface area contributed by atoms with Gasteiger partial charge in [-0.2, -0.15) is 5.26 Å². The van der Waals surface area contributed by atoms with Crippen molar-refractivity contribution < 1.29 is 23.9 Å². The minimum atomic E-state index is -0.670. The molecule has 3 fully saturated rings. The summed E-state index contributed by atoms with van der Waals surface area (Å²) in [4.78, 5) is 58.4. The Morgan fingerprint density at radius 2 is 1.83 bits per heavy atom. The highest BCUT2D eigenvalue weighted by Crippen LogP contribution is 2.33. The van der Waals surface area contributed by atoms with Crippen LogP contribution >= 0.6 is 0 Å². The Morgan fingerprint density at radius 3 is 2.62 bits per heavy atom. The molecule has 0 radical (unpaired) electrons. The van der Waals surface area contributed by atoms with Gasteiger partial charge in [0.1, 0.15) is 18.4 Å². The highest BCUT2D eigenvalue weighted by Gasteiger charge is 2.40. The first-order valence-electron chi connectivity index (χ1n) is 14.6.